The zero-order chi connectivity index (χ0) is 7.84. The lowest BCUT2D eigenvalue weighted by Gasteiger charge is -2.15. The van der Waals surface area contributed by atoms with Crippen molar-refractivity contribution in [3.8, 4) is 0 Å². The van der Waals surface area contributed by atoms with Crippen molar-refractivity contribution in [1.82, 2.24) is 14.8 Å². The number of hydrogen-bond donors (Lipinski definition) is 0. The molecule has 0 aliphatic carbocycles. The smallest absolute Gasteiger partial charge is 0.137 e. The molecule has 0 aromatic carbocycles. The monoisotopic (exact) mass is 149 g/mol. The summed E-state index contributed by atoms with van der Waals surface area (Å²) in [5.74, 6) is 2.09. The van der Waals surface area contributed by atoms with E-state index in [4.69, 9.17) is 0 Å². The maximum Gasteiger partial charge on any atom is 0.137 e. The number of aromatic nitrogens is 3. The van der Waals surface area contributed by atoms with E-state index in [2.05, 4.69) is 21.3 Å². The Balaban J connectivity index is 2.44. The van der Waals surface area contributed by atoms with Gasteiger partial charge in [0.1, 0.15) is 11.6 Å². The summed E-state index contributed by atoms with van der Waals surface area (Å²) in [7, 11) is 0. The van der Waals surface area contributed by atoms with Crippen LogP contribution in [0.25, 0.3) is 0 Å². The van der Waals surface area contributed by atoms with Crippen LogP contribution in [0.15, 0.2) is 12.2 Å². The summed E-state index contributed by atoms with van der Waals surface area (Å²) in [6.07, 6.45) is 1.98. The Morgan fingerprint density at radius 3 is 3.09 bits per heavy atom. The minimum Gasteiger partial charge on any atom is -0.315 e. The molecular weight excluding hydrogens is 138 g/mol. The number of nitrogens with zero attached hydrogens (tertiary/aromatic N) is 3. The molecule has 2 rings (SSSR count). The standard InChI is InChI=1S/C8H11N3/c1-6-3-4-11-7(2)9-10-8(11)5-6/h1,3-5H2,2H3. The van der Waals surface area contributed by atoms with Gasteiger partial charge in [-0.05, 0) is 13.3 Å². The zero-order valence-electron chi connectivity index (χ0n) is 6.67. The van der Waals surface area contributed by atoms with Crippen molar-refractivity contribution in [2.45, 2.75) is 26.3 Å². The maximum atomic E-state index is 4.06. The van der Waals surface area contributed by atoms with E-state index in [0.717, 1.165) is 31.0 Å². The van der Waals surface area contributed by atoms with Gasteiger partial charge < -0.3 is 4.57 Å². The van der Waals surface area contributed by atoms with E-state index < -0.39 is 0 Å². The van der Waals surface area contributed by atoms with Crippen LogP contribution in [0.2, 0.25) is 0 Å². The first kappa shape index (κ1) is 6.58. The van der Waals surface area contributed by atoms with Crippen molar-refractivity contribution in [1.29, 1.82) is 0 Å². The predicted octanol–water partition coefficient (Wildman–Crippen LogP) is 1.09. The Labute approximate surface area is 65.8 Å². The first-order valence-electron chi connectivity index (χ1n) is 3.82. The second-order valence-electron chi connectivity index (χ2n) is 2.99. The van der Waals surface area contributed by atoms with Crippen LogP contribution in [0.5, 0.6) is 0 Å². The van der Waals surface area contributed by atoms with E-state index >= 15 is 0 Å². The second-order valence-corrected chi connectivity index (χ2v) is 2.99. The molecule has 1 aliphatic rings. The lowest BCUT2D eigenvalue weighted by molar-refractivity contribution is 0.592. The largest absolute Gasteiger partial charge is 0.315 e. The van der Waals surface area contributed by atoms with Gasteiger partial charge in [-0.1, -0.05) is 12.2 Å². The predicted molar refractivity (Wildman–Crippen MR) is 42.2 cm³/mol. The highest BCUT2D eigenvalue weighted by atomic mass is 15.3. The molecule has 1 aromatic heterocycles. The topological polar surface area (TPSA) is 30.7 Å². The molecular formula is C8H11N3. The molecule has 0 bridgehead atoms. The molecule has 0 unspecified atom stereocenters. The van der Waals surface area contributed by atoms with Crippen LogP contribution in [0.3, 0.4) is 0 Å². The lowest BCUT2D eigenvalue weighted by atomic mass is 10.1. The fraction of sp³-hybridized carbons (Fsp3) is 0.500. The third kappa shape index (κ3) is 0.964. The van der Waals surface area contributed by atoms with Crippen LogP contribution in [0.1, 0.15) is 18.1 Å². The van der Waals surface area contributed by atoms with Crippen molar-refractivity contribution in [3.05, 3.63) is 23.8 Å². The third-order valence-electron chi connectivity index (χ3n) is 2.11. The summed E-state index contributed by atoms with van der Waals surface area (Å²) in [5, 5.41) is 8.06. The molecule has 3 nitrogen and oxygen atoms in total. The highest BCUT2D eigenvalue weighted by Crippen LogP contribution is 2.16. The molecule has 0 saturated carbocycles. The molecule has 0 amide bonds. The summed E-state index contributed by atoms with van der Waals surface area (Å²) in [5.41, 5.74) is 1.27. The molecule has 0 saturated heterocycles. The molecule has 1 aromatic rings. The second kappa shape index (κ2) is 2.19. The average molecular weight is 149 g/mol. The zero-order valence-corrected chi connectivity index (χ0v) is 6.67. The van der Waals surface area contributed by atoms with E-state index in [1.165, 1.54) is 5.57 Å². The molecule has 3 heteroatoms. The van der Waals surface area contributed by atoms with E-state index in [1.54, 1.807) is 0 Å². The molecule has 2 heterocycles. The van der Waals surface area contributed by atoms with Gasteiger partial charge in [-0.2, -0.15) is 0 Å². The number of hydrogen-bond acceptors (Lipinski definition) is 2. The van der Waals surface area contributed by atoms with Crippen LogP contribution < -0.4 is 0 Å². The molecule has 1 aliphatic heterocycles. The minimum atomic E-state index is 0.904. The van der Waals surface area contributed by atoms with Crippen molar-refractivity contribution in [2.24, 2.45) is 0 Å². The van der Waals surface area contributed by atoms with Gasteiger partial charge in [0.25, 0.3) is 0 Å². The summed E-state index contributed by atoms with van der Waals surface area (Å²) in [6.45, 7) is 6.94. The molecule has 58 valence electrons. The number of rotatable bonds is 0. The van der Waals surface area contributed by atoms with E-state index in [0.29, 0.717) is 0 Å². The maximum absolute atomic E-state index is 4.06. The Morgan fingerprint density at radius 2 is 2.27 bits per heavy atom. The normalized spacial score (nSPS) is 16.6. The van der Waals surface area contributed by atoms with Crippen LogP contribution in [-0.4, -0.2) is 14.8 Å². The van der Waals surface area contributed by atoms with Gasteiger partial charge in [0, 0.05) is 13.0 Å². The van der Waals surface area contributed by atoms with Crippen LogP contribution in [0, 0.1) is 6.92 Å². The van der Waals surface area contributed by atoms with Gasteiger partial charge >= 0.3 is 0 Å². The Kier molecular flexibility index (Phi) is 1.31. The van der Waals surface area contributed by atoms with Crippen LogP contribution in [0.4, 0.5) is 0 Å². The molecule has 0 N–H and O–H groups in total. The molecule has 0 atom stereocenters. The quantitative estimate of drug-likeness (QED) is 0.517. The summed E-state index contributed by atoms with van der Waals surface area (Å²) in [4.78, 5) is 0. The number of allylic oxidation sites excluding steroid dienone is 1. The first-order chi connectivity index (χ1) is 5.27. The van der Waals surface area contributed by atoms with E-state index in [-0.39, 0.29) is 0 Å². The fourth-order valence-corrected chi connectivity index (χ4v) is 1.43. The van der Waals surface area contributed by atoms with Gasteiger partial charge in [-0.3, -0.25) is 0 Å². The highest BCUT2D eigenvalue weighted by Gasteiger charge is 2.14. The first-order valence-corrected chi connectivity index (χ1v) is 3.82. The fourth-order valence-electron chi connectivity index (χ4n) is 1.43. The molecule has 11 heavy (non-hydrogen) atoms. The van der Waals surface area contributed by atoms with Crippen molar-refractivity contribution >= 4 is 0 Å². The summed E-state index contributed by atoms with van der Waals surface area (Å²) in [6, 6.07) is 0. The summed E-state index contributed by atoms with van der Waals surface area (Å²) >= 11 is 0. The Morgan fingerprint density at radius 1 is 1.45 bits per heavy atom. The van der Waals surface area contributed by atoms with Crippen LogP contribution in [-0.2, 0) is 13.0 Å². The minimum absolute atomic E-state index is 0.904. The number of fused-ring (bicyclic) bond motifs is 1. The van der Waals surface area contributed by atoms with E-state index in [9.17, 15) is 0 Å². The molecule has 0 spiro atoms. The van der Waals surface area contributed by atoms with Gasteiger partial charge in [0.2, 0.25) is 0 Å². The van der Waals surface area contributed by atoms with Crippen molar-refractivity contribution in [2.75, 3.05) is 0 Å². The van der Waals surface area contributed by atoms with Crippen LogP contribution >= 0.6 is 0 Å². The lowest BCUT2D eigenvalue weighted by Crippen LogP contribution is -2.13. The van der Waals surface area contributed by atoms with Gasteiger partial charge in [-0.15, -0.1) is 10.2 Å². The Hall–Kier alpha value is -1.12. The third-order valence-corrected chi connectivity index (χ3v) is 2.11. The highest BCUT2D eigenvalue weighted by molar-refractivity contribution is 5.11. The van der Waals surface area contributed by atoms with Gasteiger partial charge in [0.15, 0.2) is 0 Å². The van der Waals surface area contributed by atoms with Crippen molar-refractivity contribution < 1.29 is 0 Å². The average Bonchev–Trinajstić information content (AvgIpc) is 2.32. The van der Waals surface area contributed by atoms with Gasteiger partial charge in [0.05, 0.1) is 0 Å². The molecule has 0 fully saturated rings. The SMILES string of the molecule is C=C1CCn2c(C)nnc2C1. The van der Waals surface area contributed by atoms with E-state index in [1.807, 2.05) is 6.92 Å². The Bertz CT molecular complexity index is 298. The van der Waals surface area contributed by atoms with Gasteiger partial charge in [-0.25, -0.2) is 0 Å². The summed E-state index contributed by atoms with van der Waals surface area (Å²) < 4.78 is 2.16. The van der Waals surface area contributed by atoms with Crippen molar-refractivity contribution in [3.63, 3.8) is 0 Å². The number of aryl methyl sites for hydroxylation is 1. The molecule has 0 radical (unpaired) electrons.